The third kappa shape index (κ3) is 16.1. The molecule has 1 fully saturated rings. The predicted octanol–water partition coefficient (Wildman–Crippen LogP) is -3.14. The number of primary amides is 2. The van der Waals surface area contributed by atoms with Crippen LogP contribution >= 0.6 is 0 Å². The summed E-state index contributed by atoms with van der Waals surface area (Å²) in [4.78, 5) is 133. The Morgan fingerprint density at radius 2 is 1.51 bits per heavy atom. The summed E-state index contributed by atoms with van der Waals surface area (Å²) in [6.45, 7) is -0.161. The first-order valence-electron chi connectivity index (χ1n) is 20.3. The molecule has 0 unspecified atom stereocenters. The van der Waals surface area contributed by atoms with E-state index in [4.69, 9.17) is 11.5 Å². The van der Waals surface area contributed by atoms with Gasteiger partial charge in [-0.05, 0) is 42.9 Å². The zero-order valence-electron chi connectivity index (χ0n) is 34.7. The fraction of sp³-hybridized carbons (Fsp3) is 0.415. The van der Waals surface area contributed by atoms with Crippen LogP contribution in [0.25, 0.3) is 10.9 Å². The fourth-order valence-corrected chi connectivity index (χ4v) is 6.65. The Hall–Kier alpha value is -7.52. The van der Waals surface area contributed by atoms with Crippen molar-refractivity contribution in [1.29, 1.82) is 0 Å². The van der Waals surface area contributed by atoms with Crippen LogP contribution in [0.5, 0.6) is 0 Å². The summed E-state index contributed by atoms with van der Waals surface area (Å²) in [5.41, 5.74) is 13.0. The third-order valence-corrected chi connectivity index (χ3v) is 9.92. The number of nitrogens with two attached hydrogens (primary N) is 2. The number of aromatic nitrogens is 1. The number of aromatic amines is 1. The Kier molecular flexibility index (Phi) is 18.4. The number of hydrogen-bond donors (Lipinski definition) is 12. The van der Waals surface area contributed by atoms with Crippen LogP contribution in [-0.2, 0) is 56.0 Å². The van der Waals surface area contributed by atoms with E-state index in [9.17, 15) is 47.9 Å². The zero-order chi connectivity index (χ0) is 45.9. The molecule has 0 radical (unpaired) electrons. The summed E-state index contributed by atoms with van der Waals surface area (Å²) in [5, 5.41) is 23.4. The molecule has 2 aromatic carbocycles. The van der Waals surface area contributed by atoms with Gasteiger partial charge < -0.3 is 64.3 Å². The number of amides is 11. The van der Waals surface area contributed by atoms with Crippen LogP contribution in [0.3, 0.4) is 0 Å². The summed E-state index contributed by atoms with van der Waals surface area (Å²) in [6.07, 6.45) is 0.815. The highest BCUT2D eigenvalue weighted by molar-refractivity contribution is 5.97. The van der Waals surface area contributed by atoms with E-state index < -0.39 is 102 Å². The molecule has 22 nitrogen and oxygen atoms in total. The lowest BCUT2D eigenvalue weighted by molar-refractivity contribution is -0.134. The van der Waals surface area contributed by atoms with Crippen molar-refractivity contribution in [2.45, 2.75) is 82.1 Å². The summed E-state index contributed by atoms with van der Waals surface area (Å²) < 4.78 is 0. The zero-order valence-corrected chi connectivity index (χ0v) is 34.7. The molecule has 22 heteroatoms. The Morgan fingerprint density at radius 3 is 2.22 bits per heavy atom. The molecular formula is C41H54N12O10. The minimum absolute atomic E-state index is 0.00822. The number of H-pyrrole nitrogens is 1. The third-order valence-electron chi connectivity index (χ3n) is 9.92. The number of nitrogens with one attached hydrogen (secondary N) is 10. The SMILES string of the molecule is CC(=O)NCC(=O)N[C@H]1CCC(=O)NCC[C@@H](C(=O)N[C@@H](Cc2c[nH]c3ccccc23)C(N)=O)NC(=O)CNC(=O)[C@@H](Cc2ccccc2)NC(=O)[C@H](CCCNC(N)=O)NC1=O. The van der Waals surface area contributed by atoms with Crippen LogP contribution in [-0.4, -0.2) is 121 Å². The van der Waals surface area contributed by atoms with E-state index in [1.54, 1.807) is 36.5 Å². The van der Waals surface area contributed by atoms with Crippen molar-refractivity contribution in [3.63, 3.8) is 0 Å². The molecule has 14 N–H and O–H groups in total. The average Bonchev–Trinajstić information content (AvgIpc) is 3.65. The van der Waals surface area contributed by atoms with Gasteiger partial charge in [-0.1, -0.05) is 48.5 Å². The molecule has 2 heterocycles. The first-order chi connectivity index (χ1) is 30.1. The van der Waals surface area contributed by atoms with Crippen LogP contribution in [0.1, 0.15) is 50.2 Å². The molecule has 1 aromatic heterocycles. The van der Waals surface area contributed by atoms with Gasteiger partial charge in [0.25, 0.3) is 0 Å². The highest BCUT2D eigenvalue weighted by atomic mass is 16.2. The molecule has 1 saturated heterocycles. The number of urea groups is 1. The second-order valence-electron chi connectivity index (χ2n) is 14.8. The second kappa shape index (κ2) is 24.1. The van der Waals surface area contributed by atoms with Gasteiger partial charge in [0, 0.05) is 56.4 Å². The molecule has 5 atom stereocenters. The molecule has 0 saturated carbocycles. The van der Waals surface area contributed by atoms with E-state index in [-0.39, 0.29) is 58.0 Å². The highest BCUT2D eigenvalue weighted by Crippen LogP contribution is 2.19. The van der Waals surface area contributed by atoms with Crippen molar-refractivity contribution in [2.75, 3.05) is 26.2 Å². The summed E-state index contributed by atoms with van der Waals surface area (Å²) in [6, 6.07) is 8.43. The lowest BCUT2D eigenvalue weighted by Crippen LogP contribution is -2.58. The maximum atomic E-state index is 13.9. The standard InChI is InChI=1S/C41H54N12O10/c1-23(54)46-21-34(56)49-29-13-14-33(55)44-17-15-30(40(62)52-31(36(42)58)19-25-20-47-27-11-6-5-10-26(25)27)50-35(57)22-48-37(59)32(18-24-8-3-2-4-9-24)53-38(60)28(51-39(29)61)12-7-16-45-41(43)63/h2-6,8-11,20,28-32,47H,7,12-19,21-22H2,1H3,(H2,42,58)(H,44,55)(H,46,54)(H,48,59)(H,49,56)(H,50,57)(H,51,61)(H,52,62)(H,53,60)(H3,43,45,63)/t28-,29-,30-,31-,32+/m0/s1. The van der Waals surface area contributed by atoms with Crippen LogP contribution in [0.2, 0.25) is 0 Å². The average molecular weight is 875 g/mol. The molecule has 1 aliphatic heterocycles. The highest BCUT2D eigenvalue weighted by Gasteiger charge is 2.32. The minimum atomic E-state index is -1.41. The number of rotatable bonds is 14. The first-order valence-corrected chi connectivity index (χ1v) is 20.3. The Labute approximate surface area is 361 Å². The molecule has 1 aliphatic rings. The van der Waals surface area contributed by atoms with Gasteiger partial charge in [0.05, 0.1) is 13.1 Å². The predicted molar refractivity (Wildman–Crippen MR) is 226 cm³/mol. The van der Waals surface area contributed by atoms with Crippen LogP contribution in [0, 0.1) is 0 Å². The Bertz CT molecular complexity index is 2150. The Morgan fingerprint density at radius 1 is 0.794 bits per heavy atom. The van der Waals surface area contributed by atoms with Gasteiger partial charge in [0.15, 0.2) is 0 Å². The van der Waals surface area contributed by atoms with Gasteiger partial charge in [0.2, 0.25) is 53.2 Å². The molecule has 4 rings (SSSR count). The fourth-order valence-electron chi connectivity index (χ4n) is 6.65. The largest absolute Gasteiger partial charge is 0.368 e. The van der Waals surface area contributed by atoms with Crippen molar-refractivity contribution in [2.24, 2.45) is 11.5 Å². The van der Waals surface area contributed by atoms with Gasteiger partial charge >= 0.3 is 6.03 Å². The summed E-state index contributed by atoms with van der Waals surface area (Å²) in [5.74, 6) is -6.93. The second-order valence-corrected chi connectivity index (χ2v) is 14.8. The monoisotopic (exact) mass is 874 g/mol. The molecule has 0 bridgehead atoms. The molecule has 338 valence electrons. The van der Waals surface area contributed by atoms with Crippen molar-refractivity contribution in [1.82, 2.24) is 52.8 Å². The number of fused-ring (bicyclic) bond motifs is 1. The normalized spacial score (nSPS) is 19.8. The van der Waals surface area contributed by atoms with Crippen molar-refractivity contribution in [3.8, 4) is 0 Å². The van der Waals surface area contributed by atoms with Gasteiger partial charge in [-0.25, -0.2) is 4.79 Å². The topological polar surface area (TPSA) is 347 Å². The van der Waals surface area contributed by atoms with Crippen LogP contribution in [0.15, 0.2) is 60.8 Å². The number of para-hydroxylation sites is 1. The van der Waals surface area contributed by atoms with E-state index in [1.165, 1.54) is 6.92 Å². The maximum Gasteiger partial charge on any atom is 0.312 e. The molecule has 0 spiro atoms. The van der Waals surface area contributed by atoms with E-state index in [0.717, 1.165) is 10.9 Å². The quantitative estimate of drug-likeness (QED) is 0.0723. The molecular weight excluding hydrogens is 821 g/mol. The maximum absolute atomic E-state index is 13.9. The molecule has 0 aliphatic carbocycles. The molecule has 11 amide bonds. The van der Waals surface area contributed by atoms with Crippen molar-refractivity contribution < 1.29 is 47.9 Å². The number of carbonyl (C=O) groups is 10. The minimum Gasteiger partial charge on any atom is -0.368 e. The number of benzene rings is 2. The summed E-state index contributed by atoms with van der Waals surface area (Å²) in [7, 11) is 0. The lowest BCUT2D eigenvalue weighted by Gasteiger charge is -2.25. The van der Waals surface area contributed by atoms with E-state index in [1.807, 2.05) is 24.3 Å². The van der Waals surface area contributed by atoms with Crippen LogP contribution in [0.4, 0.5) is 4.79 Å². The lowest BCUT2D eigenvalue weighted by atomic mass is 10.0. The smallest absolute Gasteiger partial charge is 0.312 e. The molecule has 63 heavy (non-hydrogen) atoms. The van der Waals surface area contributed by atoms with E-state index >= 15 is 0 Å². The van der Waals surface area contributed by atoms with E-state index in [0.29, 0.717) is 11.1 Å². The van der Waals surface area contributed by atoms with Gasteiger partial charge in [-0.2, -0.15) is 0 Å². The van der Waals surface area contributed by atoms with Crippen molar-refractivity contribution in [3.05, 3.63) is 71.9 Å². The van der Waals surface area contributed by atoms with E-state index in [2.05, 4.69) is 52.8 Å². The van der Waals surface area contributed by atoms with Crippen LogP contribution < -0.4 is 59.3 Å². The van der Waals surface area contributed by atoms with Gasteiger partial charge in [-0.3, -0.25) is 43.2 Å². The number of hydrogen-bond acceptors (Lipinski definition) is 10. The van der Waals surface area contributed by atoms with Crippen molar-refractivity contribution >= 4 is 70.1 Å². The van der Waals surface area contributed by atoms with Gasteiger partial charge in [0.1, 0.15) is 30.2 Å². The summed E-state index contributed by atoms with van der Waals surface area (Å²) >= 11 is 0. The number of carbonyl (C=O) groups excluding carboxylic acids is 10. The van der Waals surface area contributed by atoms with Gasteiger partial charge in [-0.15, -0.1) is 0 Å². The first kappa shape index (κ1) is 48.1. The Balaban J connectivity index is 1.61. The molecule has 3 aromatic rings.